The summed E-state index contributed by atoms with van der Waals surface area (Å²) in [6, 6.07) is 5.26. The first-order chi connectivity index (χ1) is 15.0. The highest BCUT2D eigenvalue weighted by Gasteiger charge is 2.53. The van der Waals surface area contributed by atoms with Gasteiger partial charge in [-0.05, 0) is 45.3 Å². The standard InChI is InChI=1S/C22H19BrO8/c1-26-15-6-11(18(23)21(28-3)20(15)27-2)16-9-4-13-14(31-8-30-13)5-10(9)19(24)12-7-29-22(25)17(12)16/h4-6,12,16-17H,7-8H2,1-3H3/t12-,16-,17-/m0/s1. The average Bonchev–Trinajstić information content (AvgIpc) is 3.39. The molecule has 1 fully saturated rings. The minimum Gasteiger partial charge on any atom is -0.493 e. The number of rotatable bonds is 4. The SMILES string of the molecule is COc1cc([C@@H]2c3cc4c(cc3C(=O)[C@H]3COC(=O)[C@H]23)OCO4)c(Br)c(OC)c1OC. The Hall–Kier alpha value is -2.94. The number of carbonyl (C=O) groups is 2. The summed E-state index contributed by atoms with van der Waals surface area (Å²) in [5.41, 5.74) is 1.88. The van der Waals surface area contributed by atoms with Gasteiger partial charge in [0.15, 0.2) is 28.8 Å². The largest absolute Gasteiger partial charge is 0.493 e. The summed E-state index contributed by atoms with van der Waals surface area (Å²) in [4.78, 5) is 26.0. The molecule has 162 valence electrons. The number of fused-ring (bicyclic) bond motifs is 3. The lowest BCUT2D eigenvalue weighted by atomic mass is 9.67. The van der Waals surface area contributed by atoms with Crippen LogP contribution >= 0.6 is 15.9 Å². The number of Topliss-reactive ketones (excluding diaryl/α,β-unsaturated/α-hetero) is 1. The molecular formula is C22H19BrO8. The van der Waals surface area contributed by atoms with Crippen LogP contribution in [0.1, 0.15) is 27.4 Å². The van der Waals surface area contributed by atoms with Crippen LogP contribution in [0.4, 0.5) is 0 Å². The summed E-state index contributed by atoms with van der Waals surface area (Å²) < 4.78 is 33.5. The quantitative estimate of drug-likeness (QED) is 0.602. The number of ether oxygens (including phenoxy) is 6. The lowest BCUT2D eigenvalue weighted by Gasteiger charge is -2.33. The maximum absolute atomic E-state index is 13.2. The molecule has 5 rings (SSSR count). The van der Waals surface area contributed by atoms with Crippen LogP contribution in [0.3, 0.4) is 0 Å². The van der Waals surface area contributed by atoms with Gasteiger partial charge in [0.1, 0.15) is 6.61 Å². The molecule has 0 saturated carbocycles. The second-order valence-electron chi connectivity index (χ2n) is 7.45. The van der Waals surface area contributed by atoms with Crippen molar-refractivity contribution in [3.05, 3.63) is 39.4 Å². The molecule has 0 N–H and O–H groups in total. The zero-order chi connectivity index (χ0) is 21.9. The summed E-state index contributed by atoms with van der Waals surface area (Å²) in [6.45, 7) is 0.134. The van der Waals surface area contributed by atoms with E-state index in [0.29, 0.717) is 44.3 Å². The van der Waals surface area contributed by atoms with Crippen LogP contribution in [0.25, 0.3) is 0 Å². The third-order valence-corrected chi connectivity index (χ3v) is 6.90. The Morgan fingerprint density at radius 2 is 1.61 bits per heavy atom. The van der Waals surface area contributed by atoms with E-state index in [9.17, 15) is 9.59 Å². The van der Waals surface area contributed by atoms with Gasteiger partial charge in [-0.1, -0.05) is 0 Å². The first-order valence-electron chi connectivity index (χ1n) is 9.62. The van der Waals surface area contributed by atoms with E-state index in [0.717, 1.165) is 5.56 Å². The number of methoxy groups -OCH3 is 3. The second-order valence-corrected chi connectivity index (χ2v) is 8.24. The smallest absolute Gasteiger partial charge is 0.310 e. The number of esters is 1. The number of carbonyl (C=O) groups excluding carboxylic acids is 2. The number of ketones is 1. The Balaban J connectivity index is 1.80. The second kappa shape index (κ2) is 7.33. The molecule has 2 heterocycles. The van der Waals surface area contributed by atoms with Gasteiger partial charge in [0.25, 0.3) is 0 Å². The molecule has 1 saturated heterocycles. The molecule has 31 heavy (non-hydrogen) atoms. The number of halogens is 1. The normalized spacial score (nSPS) is 23.2. The first-order valence-corrected chi connectivity index (χ1v) is 10.4. The van der Waals surface area contributed by atoms with Gasteiger partial charge in [-0.15, -0.1) is 0 Å². The Morgan fingerprint density at radius 3 is 2.29 bits per heavy atom. The fourth-order valence-corrected chi connectivity index (χ4v) is 5.40. The van der Waals surface area contributed by atoms with E-state index in [1.54, 1.807) is 18.2 Å². The summed E-state index contributed by atoms with van der Waals surface area (Å²) in [5, 5.41) is 0. The molecule has 3 atom stereocenters. The predicted octanol–water partition coefficient (Wildman–Crippen LogP) is 3.32. The van der Waals surface area contributed by atoms with Crippen molar-refractivity contribution in [2.45, 2.75) is 5.92 Å². The summed E-state index contributed by atoms with van der Waals surface area (Å²) in [5.74, 6) is 0.0309. The van der Waals surface area contributed by atoms with Crippen molar-refractivity contribution in [3.8, 4) is 28.7 Å². The van der Waals surface area contributed by atoms with Crippen molar-refractivity contribution in [2.24, 2.45) is 11.8 Å². The van der Waals surface area contributed by atoms with E-state index in [1.165, 1.54) is 21.3 Å². The van der Waals surface area contributed by atoms with Crippen molar-refractivity contribution in [1.29, 1.82) is 0 Å². The first kappa shape index (κ1) is 20.0. The Labute approximate surface area is 186 Å². The van der Waals surface area contributed by atoms with Crippen molar-refractivity contribution in [2.75, 3.05) is 34.7 Å². The molecule has 0 aromatic heterocycles. The topological polar surface area (TPSA) is 89.5 Å². The van der Waals surface area contributed by atoms with E-state index >= 15 is 0 Å². The van der Waals surface area contributed by atoms with Crippen LogP contribution in [0.2, 0.25) is 0 Å². The van der Waals surface area contributed by atoms with Crippen LogP contribution in [0.15, 0.2) is 22.7 Å². The van der Waals surface area contributed by atoms with Crippen LogP contribution in [0.5, 0.6) is 28.7 Å². The molecule has 9 heteroatoms. The number of hydrogen-bond donors (Lipinski definition) is 0. The molecule has 3 aliphatic rings. The predicted molar refractivity (Wildman–Crippen MR) is 110 cm³/mol. The Bertz CT molecular complexity index is 1110. The number of hydrogen-bond acceptors (Lipinski definition) is 8. The summed E-state index contributed by atoms with van der Waals surface area (Å²) >= 11 is 3.62. The highest BCUT2D eigenvalue weighted by atomic mass is 79.9. The van der Waals surface area contributed by atoms with Gasteiger partial charge < -0.3 is 28.4 Å². The zero-order valence-electron chi connectivity index (χ0n) is 17.0. The molecule has 0 amide bonds. The van der Waals surface area contributed by atoms with E-state index in [2.05, 4.69) is 15.9 Å². The van der Waals surface area contributed by atoms with Crippen molar-refractivity contribution in [1.82, 2.24) is 0 Å². The van der Waals surface area contributed by atoms with Crippen LogP contribution in [0, 0.1) is 11.8 Å². The molecule has 8 nitrogen and oxygen atoms in total. The molecule has 0 radical (unpaired) electrons. The van der Waals surface area contributed by atoms with Crippen LogP contribution in [-0.4, -0.2) is 46.5 Å². The molecule has 0 unspecified atom stereocenters. The summed E-state index contributed by atoms with van der Waals surface area (Å²) in [6.07, 6.45) is 0. The number of benzene rings is 2. The molecule has 2 aromatic carbocycles. The molecule has 0 spiro atoms. The zero-order valence-corrected chi connectivity index (χ0v) is 18.6. The number of cyclic esters (lactones) is 1. The maximum Gasteiger partial charge on any atom is 0.310 e. The van der Waals surface area contributed by atoms with Gasteiger partial charge in [0, 0.05) is 11.5 Å². The van der Waals surface area contributed by atoms with Crippen molar-refractivity contribution in [3.63, 3.8) is 0 Å². The lowest BCUT2D eigenvalue weighted by molar-refractivity contribution is -0.141. The molecule has 2 aliphatic heterocycles. The van der Waals surface area contributed by atoms with E-state index < -0.39 is 23.7 Å². The van der Waals surface area contributed by atoms with Crippen LogP contribution < -0.4 is 23.7 Å². The van der Waals surface area contributed by atoms with Gasteiger partial charge in [0.2, 0.25) is 12.5 Å². The lowest BCUT2D eigenvalue weighted by Crippen LogP contribution is -2.36. The third kappa shape index (κ3) is 2.79. The minimum absolute atomic E-state index is 0.0504. The van der Waals surface area contributed by atoms with Crippen molar-refractivity contribution < 1.29 is 38.0 Å². The van der Waals surface area contributed by atoms with Gasteiger partial charge in [-0.3, -0.25) is 9.59 Å². The monoisotopic (exact) mass is 490 g/mol. The summed E-state index contributed by atoms with van der Waals surface area (Å²) in [7, 11) is 4.57. The van der Waals surface area contributed by atoms with E-state index in [1.807, 2.05) is 0 Å². The van der Waals surface area contributed by atoms with Gasteiger partial charge in [0.05, 0.1) is 37.6 Å². The molecular weight excluding hydrogens is 472 g/mol. The van der Waals surface area contributed by atoms with Gasteiger partial charge >= 0.3 is 5.97 Å². The molecule has 2 aromatic rings. The molecule has 0 bridgehead atoms. The average molecular weight is 491 g/mol. The maximum atomic E-state index is 13.2. The highest BCUT2D eigenvalue weighted by molar-refractivity contribution is 9.10. The van der Waals surface area contributed by atoms with Crippen LogP contribution in [-0.2, 0) is 9.53 Å². The van der Waals surface area contributed by atoms with E-state index in [4.69, 9.17) is 28.4 Å². The fourth-order valence-electron chi connectivity index (χ4n) is 4.69. The highest BCUT2D eigenvalue weighted by Crippen LogP contribution is 2.55. The van der Waals surface area contributed by atoms with Gasteiger partial charge in [-0.2, -0.15) is 0 Å². The minimum atomic E-state index is -0.681. The van der Waals surface area contributed by atoms with Gasteiger partial charge in [-0.25, -0.2) is 0 Å². The Kier molecular flexibility index (Phi) is 4.73. The van der Waals surface area contributed by atoms with Crippen molar-refractivity contribution >= 4 is 27.7 Å². The fraction of sp³-hybridized carbons (Fsp3) is 0.364. The van der Waals surface area contributed by atoms with E-state index in [-0.39, 0.29) is 19.2 Å². The Morgan fingerprint density at radius 1 is 0.903 bits per heavy atom. The molecule has 1 aliphatic carbocycles. The third-order valence-electron chi connectivity index (χ3n) is 6.08.